The SMILES string of the molecule is COc1ccc(-c2noc(CN3C(=O)NC(C)(c4cccc(-n5cnnn5)c4)C3=O)n2)cc1. The lowest BCUT2D eigenvalue weighted by Gasteiger charge is -2.22. The maximum absolute atomic E-state index is 13.3. The Labute approximate surface area is 187 Å². The summed E-state index contributed by atoms with van der Waals surface area (Å²) >= 11 is 0. The van der Waals surface area contributed by atoms with Crippen molar-refractivity contribution in [3.8, 4) is 22.8 Å². The molecule has 4 aromatic rings. The van der Waals surface area contributed by atoms with Gasteiger partial charge < -0.3 is 14.6 Å². The summed E-state index contributed by atoms with van der Waals surface area (Å²) in [6.07, 6.45) is 1.44. The first-order chi connectivity index (χ1) is 16.0. The van der Waals surface area contributed by atoms with Crippen molar-refractivity contribution in [1.29, 1.82) is 0 Å². The average molecular weight is 446 g/mol. The topological polar surface area (TPSA) is 141 Å². The first-order valence-electron chi connectivity index (χ1n) is 9.93. The van der Waals surface area contributed by atoms with Crippen molar-refractivity contribution < 1.29 is 18.8 Å². The lowest BCUT2D eigenvalue weighted by Crippen LogP contribution is -2.40. The maximum Gasteiger partial charge on any atom is 0.325 e. The summed E-state index contributed by atoms with van der Waals surface area (Å²) in [6.45, 7) is 1.48. The van der Waals surface area contributed by atoms with Crippen LogP contribution in [0.3, 0.4) is 0 Å². The third kappa shape index (κ3) is 3.56. The van der Waals surface area contributed by atoms with E-state index in [4.69, 9.17) is 9.26 Å². The van der Waals surface area contributed by atoms with Gasteiger partial charge in [-0.15, -0.1) is 5.10 Å². The number of benzene rings is 2. The van der Waals surface area contributed by atoms with Crippen molar-refractivity contribution >= 4 is 11.9 Å². The quantitative estimate of drug-likeness (QED) is 0.438. The molecule has 1 unspecified atom stereocenters. The Morgan fingerprint density at radius 1 is 1.15 bits per heavy atom. The van der Waals surface area contributed by atoms with Crippen LogP contribution in [0.25, 0.3) is 17.1 Å². The van der Waals surface area contributed by atoms with Gasteiger partial charge in [-0.05, 0) is 59.3 Å². The first kappa shape index (κ1) is 20.3. The van der Waals surface area contributed by atoms with Gasteiger partial charge in [-0.1, -0.05) is 17.3 Å². The van der Waals surface area contributed by atoms with Crippen LogP contribution >= 0.6 is 0 Å². The number of rotatable bonds is 6. The molecule has 3 heterocycles. The van der Waals surface area contributed by atoms with Crippen LogP contribution in [-0.4, -0.2) is 54.3 Å². The second-order valence-corrected chi connectivity index (χ2v) is 7.49. The van der Waals surface area contributed by atoms with Gasteiger partial charge >= 0.3 is 6.03 Å². The number of methoxy groups -OCH3 is 1. The van der Waals surface area contributed by atoms with E-state index >= 15 is 0 Å². The predicted molar refractivity (Wildman–Crippen MR) is 112 cm³/mol. The molecule has 0 spiro atoms. The molecule has 0 aliphatic carbocycles. The number of carbonyl (C=O) groups is 2. The average Bonchev–Trinajstić information content (AvgIpc) is 3.58. The molecule has 12 heteroatoms. The normalized spacial score (nSPS) is 17.9. The number of hydrogen-bond donors (Lipinski definition) is 1. The molecule has 0 bridgehead atoms. The number of nitrogens with zero attached hydrogens (tertiary/aromatic N) is 7. The second kappa shape index (κ2) is 7.82. The number of aromatic nitrogens is 6. The van der Waals surface area contributed by atoms with Crippen LogP contribution in [0.15, 0.2) is 59.4 Å². The van der Waals surface area contributed by atoms with Crippen molar-refractivity contribution in [3.05, 3.63) is 66.3 Å². The Balaban J connectivity index is 1.37. The van der Waals surface area contributed by atoms with Crippen LogP contribution in [0, 0.1) is 0 Å². The van der Waals surface area contributed by atoms with Gasteiger partial charge in [0, 0.05) is 5.56 Å². The summed E-state index contributed by atoms with van der Waals surface area (Å²) in [5.41, 5.74) is 0.674. The number of nitrogens with one attached hydrogen (secondary N) is 1. The number of hydrogen-bond acceptors (Lipinski definition) is 9. The van der Waals surface area contributed by atoms with Crippen LogP contribution in [0.4, 0.5) is 4.79 Å². The van der Waals surface area contributed by atoms with Crippen LogP contribution in [0.2, 0.25) is 0 Å². The smallest absolute Gasteiger partial charge is 0.325 e. The lowest BCUT2D eigenvalue weighted by molar-refractivity contribution is -0.131. The molecule has 1 atom stereocenters. The number of amides is 3. The largest absolute Gasteiger partial charge is 0.497 e. The third-order valence-electron chi connectivity index (χ3n) is 5.42. The molecule has 2 aromatic heterocycles. The zero-order valence-corrected chi connectivity index (χ0v) is 17.7. The molecule has 1 fully saturated rings. The first-order valence-corrected chi connectivity index (χ1v) is 9.93. The summed E-state index contributed by atoms with van der Waals surface area (Å²) < 4.78 is 11.9. The van der Waals surface area contributed by atoms with Crippen LogP contribution in [0.1, 0.15) is 18.4 Å². The Kier molecular flexibility index (Phi) is 4.81. The zero-order chi connectivity index (χ0) is 23.0. The summed E-state index contributed by atoms with van der Waals surface area (Å²) in [4.78, 5) is 31.3. The van der Waals surface area contributed by atoms with Gasteiger partial charge in [-0.3, -0.25) is 9.69 Å². The minimum atomic E-state index is -1.28. The van der Waals surface area contributed by atoms with Crippen molar-refractivity contribution in [2.45, 2.75) is 19.0 Å². The van der Waals surface area contributed by atoms with Gasteiger partial charge in [0.15, 0.2) is 0 Å². The molecule has 1 aliphatic rings. The van der Waals surface area contributed by atoms with Crippen molar-refractivity contribution in [2.75, 3.05) is 7.11 Å². The van der Waals surface area contributed by atoms with Crippen LogP contribution < -0.4 is 10.1 Å². The fourth-order valence-electron chi connectivity index (χ4n) is 3.59. The molecule has 1 saturated heterocycles. The van der Waals surface area contributed by atoms with Crippen LogP contribution in [-0.2, 0) is 16.9 Å². The number of urea groups is 1. The highest BCUT2D eigenvalue weighted by Crippen LogP contribution is 2.31. The molecule has 166 valence electrons. The van der Waals surface area contributed by atoms with Crippen LogP contribution in [0.5, 0.6) is 5.75 Å². The molecule has 1 aliphatic heterocycles. The molecule has 5 rings (SSSR count). The zero-order valence-electron chi connectivity index (χ0n) is 17.7. The monoisotopic (exact) mass is 446 g/mol. The predicted octanol–water partition coefficient (Wildman–Crippen LogP) is 1.69. The fourth-order valence-corrected chi connectivity index (χ4v) is 3.59. The summed E-state index contributed by atoms with van der Waals surface area (Å²) in [5.74, 6) is 0.739. The van der Waals surface area contributed by atoms with Gasteiger partial charge in [0.1, 0.15) is 24.2 Å². The van der Waals surface area contributed by atoms with E-state index in [9.17, 15) is 9.59 Å². The summed E-state index contributed by atoms with van der Waals surface area (Å²) in [6, 6.07) is 13.6. The van der Waals surface area contributed by atoms with E-state index in [-0.39, 0.29) is 12.4 Å². The fraction of sp³-hybridized carbons (Fsp3) is 0.190. The Morgan fingerprint density at radius 2 is 1.97 bits per heavy atom. The Morgan fingerprint density at radius 3 is 2.70 bits per heavy atom. The highest BCUT2D eigenvalue weighted by molar-refractivity contribution is 6.07. The highest BCUT2D eigenvalue weighted by Gasteiger charge is 2.49. The van der Waals surface area contributed by atoms with Gasteiger partial charge in [-0.2, -0.15) is 4.98 Å². The van der Waals surface area contributed by atoms with E-state index in [1.165, 1.54) is 11.0 Å². The molecule has 12 nitrogen and oxygen atoms in total. The van der Waals surface area contributed by atoms with E-state index in [0.717, 1.165) is 4.90 Å². The highest BCUT2D eigenvalue weighted by atomic mass is 16.5. The van der Waals surface area contributed by atoms with Crippen molar-refractivity contribution in [1.82, 2.24) is 40.6 Å². The summed E-state index contributed by atoms with van der Waals surface area (Å²) in [7, 11) is 1.58. The van der Waals surface area contributed by atoms with Gasteiger partial charge in [0.05, 0.1) is 12.8 Å². The lowest BCUT2D eigenvalue weighted by atomic mass is 9.91. The minimum Gasteiger partial charge on any atom is -0.497 e. The molecule has 0 saturated carbocycles. The van der Waals surface area contributed by atoms with E-state index in [1.54, 1.807) is 62.6 Å². The number of ether oxygens (including phenoxy) is 1. The van der Waals surface area contributed by atoms with Gasteiger partial charge in [0.25, 0.3) is 5.91 Å². The van der Waals surface area contributed by atoms with E-state index < -0.39 is 17.5 Å². The molecule has 2 aromatic carbocycles. The molecule has 33 heavy (non-hydrogen) atoms. The third-order valence-corrected chi connectivity index (χ3v) is 5.42. The van der Waals surface area contributed by atoms with E-state index in [0.29, 0.717) is 28.4 Å². The minimum absolute atomic E-state index is 0.135. The molecule has 0 radical (unpaired) electrons. The van der Waals surface area contributed by atoms with E-state index in [1.807, 2.05) is 0 Å². The molecular formula is C21H18N8O4. The van der Waals surface area contributed by atoms with Gasteiger partial charge in [-0.25, -0.2) is 9.48 Å². The maximum atomic E-state index is 13.3. The van der Waals surface area contributed by atoms with Crippen molar-refractivity contribution in [2.24, 2.45) is 0 Å². The second-order valence-electron chi connectivity index (χ2n) is 7.49. The molecule has 3 amide bonds. The van der Waals surface area contributed by atoms with Gasteiger partial charge in [0.2, 0.25) is 11.7 Å². The number of carbonyl (C=O) groups excluding carboxylic acids is 2. The Bertz CT molecular complexity index is 1320. The van der Waals surface area contributed by atoms with E-state index in [2.05, 4.69) is 31.0 Å². The Hall–Kier alpha value is -4.61. The van der Waals surface area contributed by atoms with Crippen molar-refractivity contribution in [3.63, 3.8) is 0 Å². The molecular weight excluding hydrogens is 428 g/mol. The standard InChI is InChI=1S/C21H18N8O4/c1-21(14-4-3-5-15(10-14)29-12-22-26-27-29)19(30)28(20(31)24-21)11-17-23-18(25-33-17)13-6-8-16(32-2)9-7-13/h3-10,12H,11H2,1-2H3,(H,24,31). The molecule has 1 N–H and O–H groups in total. The summed E-state index contributed by atoms with van der Waals surface area (Å²) in [5, 5.41) is 17.8. The number of tetrazole rings is 1. The number of imide groups is 1.